The van der Waals surface area contributed by atoms with Crippen molar-refractivity contribution in [2.24, 2.45) is 5.14 Å². The van der Waals surface area contributed by atoms with E-state index in [1.54, 1.807) is 0 Å². The van der Waals surface area contributed by atoms with Crippen LogP contribution in [0.2, 0.25) is 0 Å². The van der Waals surface area contributed by atoms with Gasteiger partial charge in [-0.05, 0) is 23.3 Å². The standard InChI is InChI=1S/C15H11F6NO3S/c16-14(17,18)13(23,15(19,20)21)11-5-1-9(2-6-11)10-3-7-12(8-4-10)26(22,24)25/h1-8,23H,(H2,22,24,25). The summed E-state index contributed by atoms with van der Waals surface area (Å²) in [5.74, 6) is 0. The van der Waals surface area contributed by atoms with Gasteiger partial charge in [-0.3, -0.25) is 0 Å². The van der Waals surface area contributed by atoms with E-state index >= 15 is 0 Å². The van der Waals surface area contributed by atoms with Crippen molar-refractivity contribution in [2.75, 3.05) is 0 Å². The first-order valence-corrected chi connectivity index (χ1v) is 8.32. The van der Waals surface area contributed by atoms with Crippen molar-refractivity contribution in [3.05, 3.63) is 54.1 Å². The lowest BCUT2D eigenvalue weighted by Crippen LogP contribution is -2.53. The number of sulfonamides is 1. The SMILES string of the molecule is NS(=O)(=O)c1ccc(-c2ccc(C(O)(C(F)(F)F)C(F)(F)F)cc2)cc1. The maximum absolute atomic E-state index is 12.8. The first kappa shape index (κ1) is 20.2. The predicted octanol–water partition coefficient (Wildman–Crippen LogP) is 3.31. The van der Waals surface area contributed by atoms with Gasteiger partial charge >= 0.3 is 12.4 Å². The quantitative estimate of drug-likeness (QED) is 0.778. The lowest BCUT2D eigenvalue weighted by molar-refractivity contribution is -0.376. The summed E-state index contributed by atoms with van der Waals surface area (Å²) < 4.78 is 99.3. The van der Waals surface area contributed by atoms with Crippen LogP contribution in [0.4, 0.5) is 26.3 Å². The van der Waals surface area contributed by atoms with E-state index < -0.39 is 33.5 Å². The third kappa shape index (κ3) is 3.55. The van der Waals surface area contributed by atoms with Crippen molar-refractivity contribution in [1.82, 2.24) is 0 Å². The molecule has 0 aliphatic carbocycles. The average Bonchev–Trinajstić information content (AvgIpc) is 2.51. The summed E-state index contributed by atoms with van der Waals surface area (Å²) in [5.41, 5.74) is -5.86. The number of nitrogens with two attached hydrogens (primary N) is 1. The molecule has 2 aromatic carbocycles. The molecule has 2 aromatic rings. The number of benzene rings is 2. The first-order chi connectivity index (χ1) is 11.7. The summed E-state index contributed by atoms with van der Waals surface area (Å²) in [5, 5.41) is 14.2. The fourth-order valence-electron chi connectivity index (χ4n) is 2.23. The Morgan fingerprint density at radius 1 is 0.731 bits per heavy atom. The summed E-state index contributed by atoms with van der Waals surface area (Å²) >= 11 is 0. The monoisotopic (exact) mass is 399 g/mol. The van der Waals surface area contributed by atoms with Gasteiger partial charge in [-0.25, -0.2) is 13.6 Å². The lowest BCUT2D eigenvalue weighted by Gasteiger charge is -2.32. The molecule has 0 saturated carbocycles. The van der Waals surface area contributed by atoms with Gasteiger partial charge in [-0.2, -0.15) is 26.3 Å². The summed E-state index contributed by atoms with van der Waals surface area (Å²) in [6.07, 6.45) is -11.9. The van der Waals surface area contributed by atoms with Gasteiger partial charge in [0.1, 0.15) is 0 Å². The number of aliphatic hydroxyl groups is 1. The highest BCUT2D eigenvalue weighted by atomic mass is 32.2. The zero-order chi connectivity index (χ0) is 20.0. The van der Waals surface area contributed by atoms with Crippen molar-refractivity contribution in [2.45, 2.75) is 22.8 Å². The highest BCUT2D eigenvalue weighted by molar-refractivity contribution is 7.89. The Kier molecular flexibility index (Phi) is 4.86. The Hall–Kier alpha value is -2.11. The molecule has 0 bridgehead atoms. The lowest BCUT2D eigenvalue weighted by atomic mass is 9.91. The fourth-order valence-corrected chi connectivity index (χ4v) is 2.74. The summed E-state index contributed by atoms with van der Waals surface area (Å²) in [6, 6.07) is 7.75. The van der Waals surface area contributed by atoms with Crippen molar-refractivity contribution >= 4 is 10.0 Å². The number of hydrogen-bond acceptors (Lipinski definition) is 3. The van der Waals surface area contributed by atoms with E-state index in [9.17, 15) is 39.9 Å². The number of rotatable bonds is 3. The van der Waals surface area contributed by atoms with E-state index in [-0.39, 0.29) is 10.5 Å². The van der Waals surface area contributed by atoms with Crippen LogP contribution < -0.4 is 5.14 Å². The largest absolute Gasteiger partial charge is 0.430 e. The van der Waals surface area contributed by atoms with Crippen molar-refractivity contribution < 1.29 is 39.9 Å². The van der Waals surface area contributed by atoms with Gasteiger partial charge < -0.3 is 5.11 Å². The second-order valence-corrected chi connectivity index (χ2v) is 6.91. The highest BCUT2D eigenvalue weighted by Crippen LogP contribution is 2.50. The van der Waals surface area contributed by atoms with Crippen LogP contribution in [0.15, 0.2) is 53.4 Å². The summed E-state index contributed by atoms with van der Waals surface area (Å²) in [6.45, 7) is 0. The van der Waals surface area contributed by atoms with Crippen LogP contribution in [0.3, 0.4) is 0 Å². The van der Waals surface area contributed by atoms with Crippen LogP contribution in [0.1, 0.15) is 5.56 Å². The molecule has 0 radical (unpaired) electrons. The van der Waals surface area contributed by atoms with Gasteiger partial charge in [0, 0.05) is 5.56 Å². The molecular weight excluding hydrogens is 388 g/mol. The molecule has 0 spiro atoms. The van der Waals surface area contributed by atoms with Crippen molar-refractivity contribution in [3.63, 3.8) is 0 Å². The van der Waals surface area contributed by atoms with Gasteiger partial charge in [0.05, 0.1) is 4.90 Å². The molecule has 0 aliphatic rings. The van der Waals surface area contributed by atoms with Crippen LogP contribution in [-0.4, -0.2) is 25.9 Å². The van der Waals surface area contributed by atoms with E-state index in [0.717, 1.165) is 24.3 Å². The molecule has 11 heteroatoms. The molecule has 0 saturated heterocycles. The molecule has 0 unspecified atom stereocenters. The zero-order valence-electron chi connectivity index (χ0n) is 12.6. The molecular formula is C15H11F6NO3S. The second-order valence-electron chi connectivity index (χ2n) is 5.35. The minimum absolute atomic E-state index is 0.207. The Labute approximate surface area is 143 Å². The topological polar surface area (TPSA) is 80.4 Å². The Balaban J connectivity index is 2.45. The van der Waals surface area contributed by atoms with Crippen LogP contribution >= 0.6 is 0 Å². The molecule has 3 N–H and O–H groups in total. The van der Waals surface area contributed by atoms with Crippen LogP contribution in [0.25, 0.3) is 11.1 Å². The molecule has 0 atom stereocenters. The van der Waals surface area contributed by atoms with E-state index in [0.29, 0.717) is 17.7 Å². The van der Waals surface area contributed by atoms with Crippen LogP contribution in [0, 0.1) is 0 Å². The normalized spacial score (nSPS) is 13.7. The Morgan fingerprint density at radius 3 is 1.38 bits per heavy atom. The Morgan fingerprint density at radius 2 is 1.08 bits per heavy atom. The zero-order valence-corrected chi connectivity index (χ0v) is 13.5. The van der Waals surface area contributed by atoms with Crippen LogP contribution in [-0.2, 0) is 15.6 Å². The molecule has 4 nitrogen and oxygen atoms in total. The molecule has 0 aromatic heterocycles. The molecule has 142 valence electrons. The summed E-state index contributed by atoms with van der Waals surface area (Å²) in [4.78, 5) is -0.207. The molecule has 2 rings (SSSR count). The maximum atomic E-state index is 12.8. The summed E-state index contributed by atoms with van der Waals surface area (Å²) in [7, 11) is -3.94. The van der Waals surface area contributed by atoms with E-state index in [4.69, 9.17) is 5.14 Å². The van der Waals surface area contributed by atoms with Gasteiger partial charge in [0.2, 0.25) is 10.0 Å². The van der Waals surface area contributed by atoms with Gasteiger partial charge in [0.25, 0.3) is 5.60 Å². The number of primary sulfonamides is 1. The third-order valence-electron chi connectivity index (χ3n) is 3.64. The van der Waals surface area contributed by atoms with Crippen molar-refractivity contribution in [1.29, 1.82) is 0 Å². The predicted molar refractivity (Wildman–Crippen MR) is 79.3 cm³/mol. The minimum Gasteiger partial charge on any atom is -0.369 e. The fraction of sp³-hybridized carbons (Fsp3) is 0.200. The highest BCUT2D eigenvalue weighted by Gasteiger charge is 2.71. The molecule has 0 aliphatic heterocycles. The molecule has 0 fully saturated rings. The molecule has 0 heterocycles. The second kappa shape index (κ2) is 6.25. The maximum Gasteiger partial charge on any atom is 0.430 e. The number of halogens is 6. The van der Waals surface area contributed by atoms with Gasteiger partial charge in [-0.1, -0.05) is 36.4 Å². The average molecular weight is 399 g/mol. The third-order valence-corrected chi connectivity index (χ3v) is 4.57. The van der Waals surface area contributed by atoms with Gasteiger partial charge in [-0.15, -0.1) is 0 Å². The Bertz CT molecular complexity index is 873. The van der Waals surface area contributed by atoms with Gasteiger partial charge in [0.15, 0.2) is 0 Å². The van der Waals surface area contributed by atoms with E-state index in [2.05, 4.69) is 0 Å². The minimum atomic E-state index is -5.97. The van der Waals surface area contributed by atoms with Crippen molar-refractivity contribution in [3.8, 4) is 11.1 Å². The van der Waals surface area contributed by atoms with E-state index in [1.165, 1.54) is 12.1 Å². The molecule has 0 amide bonds. The number of alkyl halides is 6. The van der Waals surface area contributed by atoms with E-state index in [1.807, 2.05) is 0 Å². The smallest absolute Gasteiger partial charge is 0.369 e. The van der Waals surface area contributed by atoms with Crippen LogP contribution in [0.5, 0.6) is 0 Å². The first-order valence-electron chi connectivity index (χ1n) is 6.77. The molecule has 26 heavy (non-hydrogen) atoms. The number of hydrogen-bond donors (Lipinski definition) is 2.